The van der Waals surface area contributed by atoms with Crippen molar-refractivity contribution in [3.63, 3.8) is 0 Å². The molecule has 0 radical (unpaired) electrons. The highest BCUT2D eigenvalue weighted by molar-refractivity contribution is 7.85. The van der Waals surface area contributed by atoms with E-state index in [1.54, 1.807) is 12.1 Å². The Hall–Kier alpha value is -0.370. The highest BCUT2D eigenvalue weighted by Gasteiger charge is 2.06. The van der Waals surface area contributed by atoms with Gasteiger partial charge in [0.1, 0.15) is 0 Å². The van der Waals surface area contributed by atoms with Gasteiger partial charge in [0.25, 0.3) is 10.1 Å². The summed E-state index contributed by atoms with van der Waals surface area (Å²) in [7, 11) is -4.02. The predicted octanol–water partition coefficient (Wildman–Crippen LogP) is 2.64. The van der Waals surface area contributed by atoms with Crippen LogP contribution in [-0.2, 0) is 14.9 Å². The average Bonchev–Trinajstić information content (AvgIpc) is 2.88. The number of hydrogen-bond acceptors (Lipinski definition) is 3. The summed E-state index contributed by atoms with van der Waals surface area (Å²) in [5.74, 6) is 0. The minimum atomic E-state index is -4.02. The van der Waals surface area contributed by atoms with Gasteiger partial charge in [0.15, 0.2) is 0 Å². The summed E-state index contributed by atoms with van der Waals surface area (Å²) >= 11 is 9.53. The molecule has 1 aromatic rings. The molecule has 2 rings (SSSR count). The number of alkyl halides is 2. The van der Waals surface area contributed by atoms with Gasteiger partial charge in [0.05, 0.1) is 10.2 Å². The average molecular weight is 347 g/mol. The third-order valence-corrected chi connectivity index (χ3v) is 3.01. The molecular weight excluding hydrogens is 327 g/mol. The molecule has 1 aliphatic heterocycles. The maximum atomic E-state index is 10.5. The fraction of sp³-hybridized carbons (Fsp3) is 0.500. The number of hydrogen-bond donors (Lipinski definition) is 1. The fourth-order valence-electron chi connectivity index (χ4n) is 1.22. The van der Waals surface area contributed by atoms with Crippen molar-refractivity contribution >= 4 is 33.3 Å². The van der Waals surface area contributed by atoms with E-state index in [9.17, 15) is 8.42 Å². The number of aryl methyl sites for hydroxylation is 1. The molecule has 0 saturated carbocycles. The molecule has 1 aliphatic rings. The summed E-state index contributed by atoms with van der Waals surface area (Å²) in [4.78, 5) is -0.0666. The zero-order chi connectivity index (χ0) is 14.7. The molecule has 0 atom stereocenters. The van der Waals surface area contributed by atoms with Crippen molar-refractivity contribution in [2.75, 3.05) is 18.6 Å². The van der Waals surface area contributed by atoms with Crippen LogP contribution in [0.4, 0.5) is 0 Å². The molecule has 0 amide bonds. The zero-order valence-corrected chi connectivity index (χ0v) is 13.5. The van der Waals surface area contributed by atoms with Crippen LogP contribution in [0.1, 0.15) is 18.4 Å². The van der Waals surface area contributed by atoms with E-state index in [1.807, 2.05) is 6.92 Å². The van der Waals surface area contributed by atoms with E-state index in [0.29, 0.717) is 0 Å². The standard InChI is InChI=1S/C7H8O3S.C4H8O.CH2Cl2.H2O/c1-6-2-4-7(5-3-6)11(8,9)10;1-2-4-5-3-1;2-1-3;/h2-5H,1H3,(H,8,9,10);1-4H2;1H2;1H2. The van der Waals surface area contributed by atoms with Crippen molar-refractivity contribution in [1.29, 1.82) is 0 Å². The quantitative estimate of drug-likeness (QED) is 0.624. The lowest BCUT2D eigenvalue weighted by Crippen LogP contribution is -1.96. The SMILES string of the molecule is C1CCOC1.Cc1ccc(S(=O)(=O)O)cc1.ClCCl.O. The summed E-state index contributed by atoms with van der Waals surface area (Å²) < 4.78 is 34.5. The maximum Gasteiger partial charge on any atom is 0.294 e. The molecule has 8 heteroatoms. The second kappa shape index (κ2) is 12.4. The third-order valence-electron chi connectivity index (χ3n) is 2.15. The van der Waals surface area contributed by atoms with Crippen LogP contribution in [0.2, 0.25) is 0 Å². The number of ether oxygens (including phenoxy) is 1. The monoisotopic (exact) mass is 346 g/mol. The topological polar surface area (TPSA) is 95.1 Å². The van der Waals surface area contributed by atoms with Gasteiger partial charge in [0, 0.05) is 13.2 Å². The Balaban J connectivity index is 0. The Morgan fingerprint density at radius 3 is 1.80 bits per heavy atom. The van der Waals surface area contributed by atoms with E-state index >= 15 is 0 Å². The second-order valence-electron chi connectivity index (χ2n) is 3.71. The van der Waals surface area contributed by atoms with E-state index in [-0.39, 0.29) is 15.7 Å². The molecule has 1 fully saturated rings. The first-order valence-corrected chi connectivity index (χ1v) is 8.16. The van der Waals surface area contributed by atoms with Crippen LogP contribution in [0.25, 0.3) is 0 Å². The molecule has 1 saturated heterocycles. The zero-order valence-electron chi connectivity index (χ0n) is 11.2. The Bertz CT molecular complexity index is 422. The first-order valence-electron chi connectivity index (χ1n) is 5.65. The Labute approximate surface area is 129 Å². The normalized spacial score (nSPS) is 13.2. The van der Waals surface area contributed by atoms with Gasteiger partial charge < -0.3 is 10.2 Å². The van der Waals surface area contributed by atoms with Crippen LogP contribution in [-0.4, -0.2) is 37.0 Å². The molecule has 1 aromatic carbocycles. The fourth-order valence-corrected chi connectivity index (χ4v) is 1.70. The van der Waals surface area contributed by atoms with E-state index in [1.165, 1.54) is 25.0 Å². The van der Waals surface area contributed by atoms with Gasteiger partial charge in [0.2, 0.25) is 0 Å². The summed E-state index contributed by atoms with van der Waals surface area (Å²) in [6, 6.07) is 5.99. The van der Waals surface area contributed by atoms with Gasteiger partial charge in [-0.2, -0.15) is 8.42 Å². The molecule has 0 spiro atoms. The van der Waals surface area contributed by atoms with Gasteiger partial charge >= 0.3 is 0 Å². The first-order chi connectivity index (χ1) is 8.91. The maximum absolute atomic E-state index is 10.5. The minimum Gasteiger partial charge on any atom is -0.412 e. The van der Waals surface area contributed by atoms with E-state index in [2.05, 4.69) is 0 Å². The molecule has 20 heavy (non-hydrogen) atoms. The highest BCUT2D eigenvalue weighted by Crippen LogP contribution is 2.08. The number of benzene rings is 1. The highest BCUT2D eigenvalue weighted by atomic mass is 35.5. The van der Waals surface area contributed by atoms with E-state index in [4.69, 9.17) is 32.5 Å². The molecule has 5 nitrogen and oxygen atoms in total. The van der Waals surface area contributed by atoms with Crippen LogP contribution in [0.15, 0.2) is 29.2 Å². The Morgan fingerprint density at radius 2 is 1.55 bits per heavy atom. The van der Waals surface area contributed by atoms with Crippen LogP contribution >= 0.6 is 23.2 Å². The Morgan fingerprint density at radius 1 is 1.15 bits per heavy atom. The summed E-state index contributed by atoms with van der Waals surface area (Å²) in [6.07, 6.45) is 2.56. The molecular formula is C12H20Cl2O5S. The molecule has 0 aliphatic carbocycles. The number of rotatable bonds is 1. The summed E-state index contributed by atoms with van der Waals surface area (Å²) in [6.45, 7) is 3.84. The lowest BCUT2D eigenvalue weighted by molar-refractivity contribution is 0.198. The van der Waals surface area contributed by atoms with Gasteiger partial charge in [-0.25, -0.2) is 0 Å². The van der Waals surface area contributed by atoms with Crippen LogP contribution < -0.4 is 0 Å². The van der Waals surface area contributed by atoms with Crippen molar-refractivity contribution in [3.8, 4) is 0 Å². The van der Waals surface area contributed by atoms with E-state index < -0.39 is 10.1 Å². The number of halogens is 2. The molecule has 0 bridgehead atoms. The van der Waals surface area contributed by atoms with Gasteiger partial charge in [-0.15, -0.1) is 23.2 Å². The minimum absolute atomic E-state index is 0. The second-order valence-corrected chi connectivity index (χ2v) is 5.94. The molecule has 118 valence electrons. The van der Waals surface area contributed by atoms with Crippen molar-refractivity contribution in [2.24, 2.45) is 0 Å². The van der Waals surface area contributed by atoms with Crippen molar-refractivity contribution in [2.45, 2.75) is 24.7 Å². The van der Waals surface area contributed by atoms with Gasteiger partial charge in [-0.3, -0.25) is 4.55 Å². The van der Waals surface area contributed by atoms with Crippen molar-refractivity contribution in [3.05, 3.63) is 29.8 Å². The first kappa shape index (κ1) is 21.9. The smallest absolute Gasteiger partial charge is 0.294 e. The Kier molecular flexibility index (Phi) is 13.6. The van der Waals surface area contributed by atoms with Crippen molar-refractivity contribution in [1.82, 2.24) is 0 Å². The lowest BCUT2D eigenvalue weighted by Gasteiger charge is -1.95. The van der Waals surface area contributed by atoms with E-state index in [0.717, 1.165) is 18.8 Å². The molecule has 0 unspecified atom stereocenters. The predicted molar refractivity (Wildman–Crippen MR) is 81.2 cm³/mol. The summed E-state index contributed by atoms with van der Waals surface area (Å²) in [5.41, 5.74) is 0.956. The lowest BCUT2D eigenvalue weighted by atomic mass is 10.2. The van der Waals surface area contributed by atoms with Crippen LogP contribution in [0.3, 0.4) is 0 Å². The molecule has 1 heterocycles. The summed E-state index contributed by atoms with van der Waals surface area (Å²) in [5, 5.41) is 0.194. The van der Waals surface area contributed by atoms with Gasteiger partial charge in [-0.1, -0.05) is 17.7 Å². The van der Waals surface area contributed by atoms with Crippen molar-refractivity contribution < 1.29 is 23.2 Å². The van der Waals surface area contributed by atoms with Gasteiger partial charge in [-0.05, 0) is 31.9 Å². The molecule has 0 aromatic heterocycles. The van der Waals surface area contributed by atoms with Crippen LogP contribution in [0, 0.1) is 6.92 Å². The van der Waals surface area contributed by atoms with Crippen LogP contribution in [0.5, 0.6) is 0 Å². The third kappa shape index (κ3) is 11.5. The molecule has 3 N–H and O–H groups in total. The largest absolute Gasteiger partial charge is 0.412 e.